The van der Waals surface area contributed by atoms with Gasteiger partial charge in [0.25, 0.3) is 0 Å². The van der Waals surface area contributed by atoms with Gasteiger partial charge in [-0.25, -0.2) is 4.39 Å². The number of methoxy groups -OCH3 is 1. The molecule has 0 bridgehead atoms. The van der Waals surface area contributed by atoms with E-state index in [0.717, 1.165) is 31.4 Å². The van der Waals surface area contributed by atoms with Crippen molar-refractivity contribution in [3.63, 3.8) is 0 Å². The lowest BCUT2D eigenvalue weighted by Crippen LogP contribution is -2.11. The Hall–Kier alpha value is -2.09. The zero-order valence-electron chi connectivity index (χ0n) is 13.5. The smallest absolute Gasteiger partial charge is 0.118 e. The van der Waals surface area contributed by atoms with Crippen molar-refractivity contribution in [1.82, 2.24) is 0 Å². The van der Waals surface area contributed by atoms with Crippen LogP contribution in [0.5, 0.6) is 5.75 Å². The number of rotatable bonds is 4. The minimum absolute atomic E-state index is 0.426. The number of ether oxygens (including phenoxy) is 1. The molecule has 2 aromatic carbocycles. The molecule has 0 aliphatic heterocycles. The summed E-state index contributed by atoms with van der Waals surface area (Å²) in [6.45, 7) is 0. The third kappa shape index (κ3) is 3.82. The van der Waals surface area contributed by atoms with Crippen LogP contribution in [0.2, 0.25) is 0 Å². The Morgan fingerprint density at radius 3 is 1.96 bits per heavy atom. The van der Waals surface area contributed by atoms with Gasteiger partial charge in [0.1, 0.15) is 5.75 Å². The quantitative estimate of drug-likeness (QED) is 0.661. The molecular formula is C21H23FO. The number of halogens is 1. The molecule has 1 saturated carbocycles. The number of allylic oxidation sites excluding steroid dienone is 1. The molecule has 0 unspecified atom stereocenters. The van der Waals surface area contributed by atoms with E-state index in [1.165, 1.54) is 16.7 Å². The Labute approximate surface area is 137 Å². The van der Waals surface area contributed by atoms with Gasteiger partial charge in [-0.1, -0.05) is 42.5 Å². The van der Waals surface area contributed by atoms with E-state index in [2.05, 4.69) is 36.4 Å². The van der Waals surface area contributed by atoms with Crippen LogP contribution < -0.4 is 4.74 Å². The lowest BCUT2D eigenvalue weighted by molar-refractivity contribution is 0.373. The Bertz CT molecular complexity index is 635. The fourth-order valence-electron chi connectivity index (χ4n) is 3.48. The molecule has 0 amide bonds. The molecule has 0 radical (unpaired) electrons. The molecule has 2 aromatic rings. The third-order valence-corrected chi connectivity index (χ3v) is 4.92. The molecule has 0 atom stereocenters. The summed E-state index contributed by atoms with van der Waals surface area (Å²) in [6.07, 6.45) is 6.89. The molecular weight excluding hydrogens is 287 g/mol. The molecule has 0 spiro atoms. The average molecular weight is 310 g/mol. The van der Waals surface area contributed by atoms with Gasteiger partial charge >= 0.3 is 0 Å². The zero-order chi connectivity index (χ0) is 16.1. The van der Waals surface area contributed by atoms with Crippen molar-refractivity contribution in [3.8, 4) is 16.9 Å². The standard InChI is InChI=1S/C21H23FO/c1-23-21-12-10-20(11-13-21)19-8-6-18(7-9-19)17-4-2-16(3-5-17)14-15-22/h6-17H,2-5H2,1H3/b15-14+. The summed E-state index contributed by atoms with van der Waals surface area (Å²) in [5.74, 6) is 1.92. The van der Waals surface area contributed by atoms with E-state index in [1.807, 2.05) is 12.1 Å². The summed E-state index contributed by atoms with van der Waals surface area (Å²) in [5.41, 5.74) is 3.84. The van der Waals surface area contributed by atoms with Crippen LogP contribution in [0, 0.1) is 5.92 Å². The summed E-state index contributed by atoms with van der Waals surface area (Å²) in [5, 5.41) is 0. The predicted molar refractivity (Wildman–Crippen MR) is 93.4 cm³/mol. The monoisotopic (exact) mass is 310 g/mol. The van der Waals surface area contributed by atoms with E-state index in [0.29, 0.717) is 18.2 Å². The van der Waals surface area contributed by atoms with E-state index in [1.54, 1.807) is 13.2 Å². The van der Waals surface area contributed by atoms with Crippen LogP contribution in [-0.2, 0) is 0 Å². The highest BCUT2D eigenvalue weighted by molar-refractivity contribution is 5.64. The van der Waals surface area contributed by atoms with Crippen LogP contribution in [0.1, 0.15) is 37.2 Å². The minimum atomic E-state index is 0.426. The van der Waals surface area contributed by atoms with E-state index in [-0.39, 0.29) is 0 Å². The predicted octanol–water partition coefficient (Wildman–Crippen LogP) is 6.12. The van der Waals surface area contributed by atoms with Crippen LogP contribution in [-0.4, -0.2) is 7.11 Å². The molecule has 3 rings (SSSR count). The fraction of sp³-hybridized carbons (Fsp3) is 0.333. The first-order valence-corrected chi connectivity index (χ1v) is 8.31. The molecule has 1 nitrogen and oxygen atoms in total. The van der Waals surface area contributed by atoms with Gasteiger partial charge in [0.05, 0.1) is 13.4 Å². The van der Waals surface area contributed by atoms with Gasteiger partial charge in [0, 0.05) is 0 Å². The lowest BCUT2D eigenvalue weighted by Gasteiger charge is -2.27. The summed E-state index contributed by atoms with van der Waals surface area (Å²) in [6, 6.07) is 17.0. The van der Waals surface area contributed by atoms with Crippen LogP contribution in [0.25, 0.3) is 11.1 Å². The molecule has 0 saturated heterocycles. The summed E-state index contributed by atoms with van der Waals surface area (Å²) in [7, 11) is 1.68. The van der Waals surface area contributed by atoms with Crippen molar-refractivity contribution in [3.05, 3.63) is 66.5 Å². The fourth-order valence-corrected chi connectivity index (χ4v) is 3.48. The lowest BCUT2D eigenvalue weighted by atomic mass is 9.78. The highest BCUT2D eigenvalue weighted by Gasteiger charge is 2.20. The zero-order valence-corrected chi connectivity index (χ0v) is 13.5. The van der Waals surface area contributed by atoms with Gasteiger partial charge in [0.15, 0.2) is 0 Å². The average Bonchev–Trinajstić information content (AvgIpc) is 2.63. The maximum Gasteiger partial charge on any atom is 0.118 e. The summed E-state index contributed by atoms with van der Waals surface area (Å²) < 4.78 is 17.5. The second-order valence-electron chi connectivity index (χ2n) is 6.28. The van der Waals surface area contributed by atoms with E-state index >= 15 is 0 Å². The van der Waals surface area contributed by atoms with Crippen LogP contribution in [0.15, 0.2) is 60.9 Å². The molecule has 2 heteroatoms. The number of benzene rings is 2. The van der Waals surface area contributed by atoms with Crippen molar-refractivity contribution < 1.29 is 9.13 Å². The maximum absolute atomic E-state index is 12.3. The minimum Gasteiger partial charge on any atom is -0.497 e. The third-order valence-electron chi connectivity index (χ3n) is 4.92. The van der Waals surface area contributed by atoms with Gasteiger partial charge in [-0.2, -0.15) is 0 Å². The molecule has 1 aliphatic carbocycles. The first kappa shape index (κ1) is 15.8. The van der Waals surface area contributed by atoms with E-state index < -0.39 is 0 Å². The van der Waals surface area contributed by atoms with Crippen molar-refractivity contribution in [2.75, 3.05) is 7.11 Å². The highest BCUT2D eigenvalue weighted by atomic mass is 19.1. The molecule has 1 aliphatic rings. The van der Waals surface area contributed by atoms with Crippen LogP contribution >= 0.6 is 0 Å². The van der Waals surface area contributed by atoms with Gasteiger partial charge < -0.3 is 4.74 Å². The highest BCUT2D eigenvalue weighted by Crippen LogP contribution is 2.37. The second-order valence-corrected chi connectivity index (χ2v) is 6.28. The summed E-state index contributed by atoms with van der Waals surface area (Å²) in [4.78, 5) is 0. The molecule has 0 N–H and O–H groups in total. The molecule has 0 heterocycles. The number of hydrogen-bond donors (Lipinski definition) is 0. The first-order chi connectivity index (χ1) is 11.3. The molecule has 23 heavy (non-hydrogen) atoms. The largest absolute Gasteiger partial charge is 0.497 e. The Balaban J connectivity index is 1.67. The molecule has 120 valence electrons. The van der Waals surface area contributed by atoms with Crippen molar-refractivity contribution in [2.24, 2.45) is 5.92 Å². The molecule has 0 aromatic heterocycles. The van der Waals surface area contributed by atoms with E-state index in [4.69, 9.17) is 4.74 Å². The van der Waals surface area contributed by atoms with Gasteiger partial charge in [0.2, 0.25) is 0 Å². The Kier molecular flexibility index (Phi) is 5.12. The van der Waals surface area contributed by atoms with E-state index in [9.17, 15) is 4.39 Å². The van der Waals surface area contributed by atoms with Crippen molar-refractivity contribution in [2.45, 2.75) is 31.6 Å². The van der Waals surface area contributed by atoms with Gasteiger partial charge in [-0.3, -0.25) is 0 Å². The SMILES string of the molecule is COc1ccc(-c2ccc(C3CCC(/C=C/F)CC3)cc2)cc1. The van der Waals surface area contributed by atoms with Crippen molar-refractivity contribution >= 4 is 0 Å². The maximum atomic E-state index is 12.3. The van der Waals surface area contributed by atoms with Gasteiger partial charge in [-0.15, -0.1) is 0 Å². The normalized spacial score (nSPS) is 21.5. The Morgan fingerprint density at radius 1 is 0.870 bits per heavy atom. The number of hydrogen-bond acceptors (Lipinski definition) is 1. The molecule has 1 fully saturated rings. The van der Waals surface area contributed by atoms with Gasteiger partial charge in [-0.05, 0) is 66.3 Å². The van der Waals surface area contributed by atoms with Crippen LogP contribution in [0.3, 0.4) is 0 Å². The topological polar surface area (TPSA) is 9.23 Å². The van der Waals surface area contributed by atoms with Crippen LogP contribution in [0.4, 0.5) is 4.39 Å². The second kappa shape index (κ2) is 7.45. The Morgan fingerprint density at radius 2 is 1.43 bits per heavy atom. The van der Waals surface area contributed by atoms with Crippen molar-refractivity contribution in [1.29, 1.82) is 0 Å². The summed E-state index contributed by atoms with van der Waals surface area (Å²) >= 11 is 0. The first-order valence-electron chi connectivity index (χ1n) is 8.31.